The summed E-state index contributed by atoms with van der Waals surface area (Å²) >= 11 is 0. The van der Waals surface area contributed by atoms with E-state index in [1.165, 1.54) is 38.5 Å². The molecule has 0 aromatic carbocycles. The number of hydrogen-bond donors (Lipinski definition) is 2. The number of pyridine rings is 1. The van der Waals surface area contributed by atoms with E-state index in [4.69, 9.17) is 4.74 Å². The zero-order valence-electron chi connectivity index (χ0n) is 16.5. The number of ether oxygens (including phenoxy) is 1. The summed E-state index contributed by atoms with van der Waals surface area (Å²) in [5, 5.41) is 6.62. The molecule has 0 aliphatic heterocycles. The summed E-state index contributed by atoms with van der Waals surface area (Å²) in [4.78, 5) is 15.9. The van der Waals surface area contributed by atoms with Crippen molar-refractivity contribution in [2.24, 2.45) is 4.99 Å². The third-order valence-corrected chi connectivity index (χ3v) is 4.79. The van der Waals surface area contributed by atoms with Gasteiger partial charge in [0, 0.05) is 38.9 Å². The molecule has 0 radical (unpaired) electrons. The predicted molar refractivity (Wildman–Crippen MR) is 122 cm³/mol. The highest BCUT2D eigenvalue weighted by molar-refractivity contribution is 14.0. The highest BCUT2D eigenvalue weighted by Crippen LogP contribution is 2.19. The molecule has 1 heterocycles. The van der Waals surface area contributed by atoms with Crippen molar-refractivity contribution in [3.63, 3.8) is 0 Å². The minimum atomic E-state index is 0. The fourth-order valence-corrected chi connectivity index (χ4v) is 3.28. The van der Waals surface area contributed by atoms with Crippen LogP contribution in [0, 0.1) is 0 Å². The van der Waals surface area contributed by atoms with Gasteiger partial charge in [0.25, 0.3) is 0 Å². The SMILES string of the molecule is CN=C(NCCCCn1ccccc1=O)NCCOC1CCCCCC1.I. The van der Waals surface area contributed by atoms with E-state index >= 15 is 0 Å². The molecule has 27 heavy (non-hydrogen) atoms. The molecule has 1 saturated carbocycles. The van der Waals surface area contributed by atoms with Gasteiger partial charge in [-0.2, -0.15) is 0 Å². The summed E-state index contributed by atoms with van der Waals surface area (Å²) < 4.78 is 7.73. The quantitative estimate of drug-likeness (QED) is 0.184. The van der Waals surface area contributed by atoms with Crippen LogP contribution < -0.4 is 16.2 Å². The van der Waals surface area contributed by atoms with E-state index in [1.54, 1.807) is 23.7 Å². The first-order valence-electron chi connectivity index (χ1n) is 10.0. The van der Waals surface area contributed by atoms with E-state index in [1.807, 2.05) is 12.3 Å². The Morgan fingerprint density at radius 3 is 2.59 bits per heavy atom. The van der Waals surface area contributed by atoms with Crippen LogP contribution >= 0.6 is 24.0 Å². The number of aliphatic imine (C=N–C) groups is 1. The van der Waals surface area contributed by atoms with Crippen LogP contribution in [0.1, 0.15) is 51.4 Å². The molecule has 1 fully saturated rings. The van der Waals surface area contributed by atoms with E-state index < -0.39 is 0 Å². The average molecular weight is 490 g/mol. The van der Waals surface area contributed by atoms with Crippen LogP contribution in [0.15, 0.2) is 34.2 Å². The Morgan fingerprint density at radius 2 is 1.89 bits per heavy atom. The van der Waals surface area contributed by atoms with Crippen LogP contribution in [0.5, 0.6) is 0 Å². The van der Waals surface area contributed by atoms with E-state index in [-0.39, 0.29) is 29.5 Å². The molecule has 1 aliphatic rings. The van der Waals surface area contributed by atoms with Gasteiger partial charge < -0.3 is 19.9 Å². The second-order valence-corrected chi connectivity index (χ2v) is 6.85. The second kappa shape index (κ2) is 14.9. The third-order valence-electron chi connectivity index (χ3n) is 4.79. The van der Waals surface area contributed by atoms with Gasteiger partial charge in [0.2, 0.25) is 5.56 Å². The lowest BCUT2D eigenvalue weighted by molar-refractivity contribution is 0.0468. The van der Waals surface area contributed by atoms with E-state index in [9.17, 15) is 4.79 Å². The van der Waals surface area contributed by atoms with Gasteiger partial charge in [-0.3, -0.25) is 9.79 Å². The number of aryl methyl sites for hydroxylation is 1. The van der Waals surface area contributed by atoms with Gasteiger partial charge >= 0.3 is 0 Å². The monoisotopic (exact) mass is 490 g/mol. The standard InChI is InChI=1S/C20H34N4O2.HI/c1-21-20(23-14-17-26-18-10-4-2-3-5-11-18)22-13-7-9-16-24-15-8-6-12-19(24)25;/h6,8,12,15,18H,2-5,7,9-11,13-14,16-17H2,1H3,(H2,21,22,23);1H. The van der Waals surface area contributed by atoms with Crippen molar-refractivity contribution in [2.45, 2.75) is 64.0 Å². The minimum absolute atomic E-state index is 0. The Morgan fingerprint density at radius 1 is 1.15 bits per heavy atom. The zero-order valence-corrected chi connectivity index (χ0v) is 18.8. The Bertz CT molecular complexity index is 583. The minimum Gasteiger partial charge on any atom is -0.376 e. The van der Waals surface area contributed by atoms with Gasteiger partial charge in [-0.25, -0.2) is 0 Å². The molecule has 0 amide bonds. The van der Waals surface area contributed by atoms with Crippen LogP contribution in [0.25, 0.3) is 0 Å². The van der Waals surface area contributed by atoms with Gasteiger partial charge in [0.05, 0.1) is 12.7 Å². The summed E-state index contributed by atoms with van der Waals surface area (Å²) in [5.74, 6) is 0.811. The average Bonchev–Trinajstić information content (AvgIpc) is 2.93. The smallest absolute Gasteiger partial charge is 0.250 e. The molecule has 1 aromatic rings. The largest absolute Gasteiger partial charge is 0.376 e. The van der Waals surface area contributed by atoms with Crippen molar-refractivity contribution in [2.75, 3.05) is 26.7 Å². The summed E-state index contributed by atoms with van der Waals surface area (Å²) in [6.45, 7) is 3.09. The van der Waals surface area contributed by atoms with Gasteiger partial charge in [-0.05, 0) is 31.7 Å². The second-order valence-electron chi connectivity index (χ2n) is 6.85. The Labute approximate surface area is 180 Å². The fraction of sp³-hybridized carbons (Fsp3) is 0.700. The summed E-state index contributed by atoms with van der Waals surface area (Å²) in [6, 6.07) is 5.26. The van der Waals surface area contributed by atoms with Gasteiger partial charge in [0.15, 0.2) is 5.96 Å². The highest BCUT2D eigenvalue weighted by Gasteiger charge is 2.12. The number of unbranched alkanes of at least 4 members (excludes halogenated alkanes) is 1. The van der Waals surface area contributed by atoms with E-state index in [2.05, 4.69) is 15.6 Å². The lowest BCUT2D eigenvalue weighted by Gasteiger charge is -2.16. The number of halogens is 1. The third kappa shape index (κ3) is 10.1. The molecule has 154 valence electrons. The summed E-state index contributed by atoms with van der Waals surface area (Å²) in [5.41, 5.74) is 0.0617. The Hall–Kier alpha value is -1.09. The van der Waals surface area contributed by atoms with Crippen molar-refractivity contribution in [1.29, 1.82) is 0 Å². The number of rotatable bonds is 9. The lowest BCUT2D eigenvalue weighted by atomic mass is 10.1. The van der Waals surface area contributed by atoms with E-state index in [0.29, 0.717) is 6.10 Å². The van der Waals surface area contributed by atoms with Crippen molar-refractivity contribution in [3.05, 3.63) is 34.7 Å². The number of nitrogens with zero attached hydrogens (tertiary/aromatic N) is 2. The van der Waals surface area contributed by atoms with Gasteiger partial charge in [0.1, 0.15) is 0 Å². The molecular weight excluding hydrogens is 455 g/mol. The Balaban J connectivity index is 0.00000364. The molecule has 0 spiro atoms. The number of nitrogens with one attached hydrogen (secondary N) is 2. The van der Waals surface area contributed by atoms with Crippen LogP contribution in [0.4, 0.5) is 0 Å². The first-order valence-corrected chi connectivity index (χ1v) is 10.0. The molecule has 7 heteroatoms. The predicted octanol–water partition coefficient (Wildman–Crippen LogP) is 3.15. The molecule has 2 N–H and O–H groups in total. The Kier molecular flexibility index (Phi) is 13.2. The molecule has 0 bridgehead atoms. The molecule has 6 nitrogen and oxygen atoms in total. The van der Waals surface area contributed by atoms with Crippen LogP contribution in [-0.4, -0.2) is 43.4 Å². The number of aromatic nitrogens is 1. The zero-order chi connectivity index (χ0) is 18.5. The number of guanidine groups is 1. The van der Waals surface area contributed by atoms with Crippen molar-refractivity contribution in [3.8, 4) is 0 Å². The first-order chi connectivity index (χ1) is 12.8. The van der Waals surface area contributed by atoms with E-state index in [0.717, 1.165) is 45.0 Å². The first kappa shape index (κ1) is 23.9. The summed E-state index contributed by atoms with van der Waals surface area (Å²) in [7, 11) is 1.78. The molecule has 2 rings (SSSR count). The summed E-state index contributed by atoms with van der Waals surface area (Å²) in [6.07, 6.45) is 11.9. The van der Waals surface area contributed by atoms with Crippen LogP contribution in [-0.2, 0) is 11.3 Å². The number of hydrogen-bond acceptors (Lipinski definition) is 3. The van der Waals surface area contributed by atoms with Crippen LogP contribution in [0.3, 0.4) is 0 Å². The van der Waals surface area contributed by atoms with Crippen LogP contribution in [0.2, 0.25) is 0 Å². The van der Waals surface area contributed by atoms with Crippen molar-refractivity contribution < 1.29 is 4.74 Å². The molecule has 0 unspecified atom stereocenters. The van der Waals surface area contributed by atoms with Gasteiger partial charge in [-0.1, -0.05) is 31.7 Å². The maximum atomic E-state index is 11.6. The van der Waals surface area contributed by atoms with Crippen molar-refractivity contribution >= 4 is 29.9 Å². The van der Waals surface area contributed by atoms with Gasteiger partial charge in [-0.15, -0.1) is 24.0 Å². The molecule has 0 saturated heterocycles. The molecule has 1 aromatic heterocycles. The molecular formula is C20H35IN4O2. The molecule has 0 atom stereocenters. The fourth-order valence-electron chi connectivity index (χ4n) is 3.28. The normalized spacial score (nSPS) is 15.7. The maximum absolute atomic E-state index is 11.6. The molecule has 1 aliphatic carbocycles. The lowest BCUT2D eigenvalue weighted by Crippen LogP contribution is -2.39. The maximum Gasteiger partial charge on any atom is 0.250 e. The van der Waals surface area contributed by atoms with Crippen molar-refractivity contribution in [1.82, 2.24) is 15.2 Å². The highest BCUT2D eigenvalue weighted by atomic mass is 127. The topological polar surface area (TPSA) is 67.7 Å².